The topological polar surface area (TPSA) is 64.6 Å². The van der Waals surface area contributed by atoms with E-state index in [4.69, 9.17) is 9.47 Å². The highest BCUT2D eigenvalue weighted by Crippen LogP contribution is 2.17. The zero-order valence-corrected chi connectivity index (χ0v) is 16.2. The van der Waals surface area contributed by atoms with Crippen molar-refractivity contribution in [1.29, 1.82) is 0 Å². The molecule has 0 fully saturated rings. The minimum Gasteiger partial charge on any atom is -0.382 e. The van der Waals surface area contributed by atoms with E-state index in [1.807, 2.05) is 26.0 Å². The summed E-state index contributed by atoms with van der Waals surface area (Å²) in [6, 6.07) is 12.5. The summed E-state index contributed by atoms with van der Waals surface area (Å²) in [5.74, 6) is -0.397. The van der Waals surface area contributed by atoms with E-state index in [-0.39, 0.29) is 11.7 Å². The van der Waals surface area contributed by atoms with Crippen LogP contribution in [0.15, 0.2) is 42.5 Å². The van der Waals surface area contributed by atoms with Gasteiger partial charge in [-0.1, -0.05) is 30.3 Å². The van der Waals surface area contributed by atoms with Crippen LogP contribution in [0.2, 0.25) is 0 Å². The van der Waals surface area contributed by atoms with Gasteiger partial charge < -0.3 is 14.8 Å². The predicted molar refractivity (Wildman–Crippen MR) is 105 cm³/mol. The number of hydrogen-bond acceptors (Lipinski definition) is 4. The maximum Gasteiger partial charge on any atom is 0.252 e. The highest BCUT2D eigenvalue weighted by molar-refractivity contribution is 6.15. The molecule has 0 saturated carbocycles. The van der Waals surface area contributed by atoms with Gasteiger partial charge in [0.05, 0.1) is 18.8 Å². The number of carbonyl (C=O) groups excluding carboxylic acids is 2. The molecule has 0 aliphatic carbocycles. The molecular weight excluding hydrogens is 342 g/mol. The summed E-state index contributed by atoms with van der Waals surface area (Å²) >= 11 is 0. The summed E-state index contributed by atoms with van der Waals surface area (Å²) in [5, 5.41) is 2.85. The first kappa shape index (κ1) is 20.8. The maximum atomic E-state index is 12.9. The Hall–Kier alpha value is -2.50. The third-order valence-corrected chi connectivity index (χ3v) is 4.37. The third-order valence-electron chi connectivity index (χ3n) is 4.37. The molecule has 144 valence electrons. The minimum absolute atomic E-state index is 0.147. The van der Waals surface area contributed by atoms with Crippen molar-refractivity contribution in [2.24, 2.45) is 0 Å². The molecule has 0 bridgehead atoms. The van der Waals surface area contributed by atoms with E-state index in [1.165, 1.54) is 0 Å². The van der Waals surface area contributed by atoms with Crippen molar-refractivity contribution < 1.29 is 19.1 Å². The normalized spacial score (nSPS) is 10.6. The molecule has 5 nitrogen and oxygen atoms in total. The first-order valence-electron chi connectivity index (χ1n) is 9.10. The highest BCUT2D eigenvalue weighted by atomic mass is 16.5. The van der Waals surface area contributed by atoms with Crippen LogP contribution in [0, 0.1) is 13.8 Å². The molecule has 5 heteroatoms. The molecule has 2 aromatic carbocycles. The van der Waals surface area contributed by atoms with E-state index >= 15 is 0 Å². The van der Waals surface area contributed by atoms with Crippen molar-refractivity contribution in [1.82, 2.24) is 5.32 Å². The second kappa shape index (κ2) is 10.6. The van der Waals surface area contributed by atoms with Crippen molar-refractivity contribution in [3.63, 3.8) is 0 Å². The lowest BCUT2D eigenvalue weighted by atomic mass is 9.95. The van der Waals surface area contributed by atoms with E-state index in [1.54, 1.807) is 37.4 Å². The summed E-state index contributed by atoms with van der Waals surface area (Å²) < 4.78 is 10.3. The lowest BCUT2D eigenvalue weighted by Gasteiger charge is -2.11. The summed E-state index contributed by atoms with van der Waals surface area (Å²) in [7, 11) is 1.63. The zero-order valence-electron chi connectivity index (χ0n) is 16.2. The summed E-state index contributed by atoms with van der Waals surface area (Å²) in [4.78, 5) is 25.4. The molecule has 2 aromatic rings. The van der Waals surface area contributed by atoms with Crippen LogP contribution in [0.5, 0.6) is 0 Å². The van der Waals surface area contributed by atoms with E-state index < -0.39 is 0 Å². The Bertz CT molecular complexity index is 786. The van der Waals surface area contributed by atoms with Gasteiger partial charge in [0.15, 0.2) is 5.78 Å². The van der Waals surface area contributed by atoms with Crippen LogP contribution in [0.1, 0.15) is 43.8 Å². The van der Waals surface area contributed by atoms with Gasteiger partial charge in [-0.05, 0) is 43.5 Å². The first-order chi connectivity index (χ1) is 13.0. The van der Waals surface area contributed by atoms with E-state index in [0.29, 0.717) is 49.5 Å². The average Bonchev–Trinajstić information content (AvgIpc) is 2.68. The summed E-state index contributed by atoms with van der Waals surface area (Å²) in [6.07, 6.45) is 0.697. The maximum absolute atomic E-state index is 12.9. The molecule has 0 atom stereocenters. The molecule has 0 radical (unpaired) electrons. The molecule has 27 heavy (non-hydrogen) atoms. The van der Waals surface area contributed by atoms with Crippen LogP contribution in [-0.2, 0) is 9.47 Å². The van der Waals surface area contributed by atoms with Crippen LogP contribution >= 0.6 is 0 Å². The Labute approximate surface area is 160 Å². The second-order valence-electron chi connectivity index (χ2n) is 6.39. The second-order valence-corrected chi connectivity index (χ2v) is 6.39. The number of ketones is 1. The summed E-state index contributed by atoms with van der Waals surface area (Å²) in [6.45, 7) is 6.10. The number of amides is 1. The van der Waals surface area contributed by atoms with E-state index in [0.717, 1.165) is 11.1 Å². The van der Waals surface area contributed by atoms with E-state index in [2.05, 4.69) is 5.32 Å². The Kier molecular flexibility index (Phi) is 8.17. The molecular formula is C22H27NO4. The molecule has 1 amide bonds. The monoisotopic (exact) mass is 369 g/mol. The van der Waals surface area contributed by atoms with E-state index in [9.17, 15) is 9.59 Å². The molecule has 0 aromatic heterocycles. The molecule has 0 spiro atoms. The highest BCUT2D eigenvalue weighted by Gasteiger charge is 2.18. The van der Waals surface area contributed by atoms with Gasteiger partial charge in [-0.25, -0.2) is 0 Å². The van der Waals surface area contributed by atoms with Crippen molar-refractivity contribution in [3.8, 4) is 0 Å². The smallest absolute Gasteiger partial charge is 0.252 e. The largest absolute Gasteiger partial charge is 0.382 e. The fourth-order valence-electron chi connectivity index (χ4n) is 2.63. The van der Waals surface area contributed by atoms with Gasteiger partial charge in [0.25, 0.3) is 5.91 Å². The molecule has 0 aliphatic heterocycles. The predicted octanol–water partition coefficient (Wildman–Crippen LogP) is 3.32. The average molecular weight is 369 g/mol. The van der Waals surface area contributed by atoms with Crippen LogP contribution in [-0.4, -0.2) is 45.2 Å². The number of ether oxygens (including phenoxy) is 2. The molecule has 0 saturated heterocycles. The standard InChI is InChI=1S/C22H27NO4/c1-16-9-10-18(15-17(16)2)21(24)19-7-4-5-8-20(19)22(25)23-11-6-12-27-14-13-26-3/h4-5,7-10,15H,6,11-14H2,1-3H3,(H,23,25). The van der Waals surface area contributed by atoms with Crippen molar-refractivity contribution in [2.75, 3.05) is 33.5 Å². The van der Waals surface area contributed by atoms with Gasteiger partial charge >= 0.3 is 0 Å². The van der Waals surface area contributed by atoms with Crippen molar-refractivity contribution in [3.05, 3.63) is 70.3 Å². The van der Waals surface area contributed by atoms with Gasteiger partial charge in [0, 0.05) is 31.4 Å². The van der Waals surface area contributed by atoms with Gasteiger partial charge in [0.1, 0.15) is 0 Å². The number of rotatable bonds is 10. The minimum atomic E-state index is -0.250. The fraction of sp³-hybridized carbons (Fsp3) is 0.364. The summed E-state index contributed by atoms with van der Waals surface area (Å²) in [5.41, 5.74) is 3.57. The SMILES string of the molecule is COCCOCCCNC(=O)c1ccccc1C(=O)c1ccc(C)c(C)c1. The lowest BCUT2D eigenvalue weighted by molar-refractivity contribution is 0.0688. The lowest BCUT2D eigenvalue weighted by Crippen LogP contribution is -2.27. The number of nitrogens with one attached hydrogen (secondary N) is 1. The van der Waals surface area contributed by atoms with Gasteiger partial charge in [-0.2, -0.15) is 0 Å². The molecule has 0 aliphatic rings. The number of benzene rings is 2. The fourth-order valence-corrected chi connectivity index (χ4v) is 2.63. The van der Waals surface area contributed by atoms with Crippen LogP contribution in [0.25, 0.3) is 0 Å². The number of methoxy groups -OCH3 is 1. The number of aryl methyl sites for hydroxylation is 2. The molecule has 2 rings (SSSR count). The first-order valence-corrected chi connectivity index (χ1v) is 9.10. The van der Waals surface area contributed by atoms with Crippen LogP contribution in [0.4, 0.5) is 0 Å². The van der Waals surface area contributed by atoms with Crippen LogP contribution < -0.4 is 5.32 Å². The Balaban J connectivity index is 2.01. The number of carbonyl (C=O) groups is 2. The van der Waals surface area contributed by atoms with Gasteiger partial charge in [-0.15, -0.1) is 0 Å². The van der Waals surface area contributed by atoms with Gasteiger partial charge in [0.2, 0.25) is 0 Å². The van der Waals surface area contributed by atoms with Crippen molar-refractivity contribution in [2.45, 2.75) is 20.3 Å². The molecule has 0 unspecified atom stereocenters. The Morgan fingerprint density at radius 1 is 0.926 bits per heavy atom. The van der Waals surface area contributed by atoms with Gasteiger partial charge in [-0.3, -0.25) is 9.59 Å². The number of hydrogen-bond donors (Lipinski definition) is 1. The quantitative estimate of drug-likeness (QED) is 0.515. The zero-order chi connectivity index (χ0) is 19.6. The Morgan fingerprint density at radius 3 is 2.37 bits per heavy atom. The molecule has 1 N–H and O–H groups in total. The third kappa shape index (κ3) is 6.01. The van der Waals surface area contributed by atoms with Crippen LogP contribution in [0.3, 0.4) is 0 Å². The molecule has 0 heterocycles. The van der Waals surface area contributed by atoms with Crippen molar-refractivity contribution >= 4 is 11.7 Å². The Morgan fingerprint density at radius 2 is 1.67 bits per heavy atom.